The van der Waals surface area contributed by atoms with Crippen LogP contribution in [0.4, 0.5) is 0 Å². The van der Waals surface area contributed by atoms with Crippen LogP contribution in [0.5, 0.6) is 0 Å². The van der Waals surface area contributed by atoms with Gasteiger partial charge in [-0.15, -0.1) is 0 Å². The van der Waals surface area contributed by atoms with Gasteiger partial charge < -0.3 is 0 Å². The quantitative estimate of drug-likeness (QED) is 0.165. The predicted molar refractivity (Wildman–Crippen MR) is 224 cm³/mol. The summed E-state index contributed by atoms with van der Waals surface area (Å²) in [5.74, 6) is 0. The normalized spacial score (nSPS) is 11.8. The highest BCUT2D eigenvalue weighted by Crippen LogP contribution is 2.43. The first kappa shape index (κ1) is 29.0. The lowest BCUT2D eigenvalue weighted by Crippen LogP contribution is -1.90. The summed E-state index contributed by atoms with van der Waals surface area (Å²) in [6.07, 6.45) is 0. The zero-order chi connectivity index (χ0) is 34.2. The first-order chi connectivity index (χ1) is 25.7. The van der Waals surface area contributed by atoms with Crippen molar-refractivity contribution in [1.82, 2.24) is 0 Å². The lowest BCUT2D eigenvalue weighted by molar-refractivity contribution is 1.62. The second kappa shape index (κ2) is 11.4. The van der Waals surface area contributed by atoms with Crippen molar-refractivity contribution < 1.29 is 0 Å². The molecule has 0 aliphatic rings. The molecule has 0 heteroatoms. The molecular weight excluding hydrogens is 625 g/mol. The van der Waals surface area contributed by atoms with Crippen molar-refractivity contribution in [3.8, 4) is 44.5 Å². The average molecular weight is 657 g/mol. The van der Waals surface area contributed by atoms with E-state index in [0.29, 0.717) is 0 Å². The van der Waals surface area contributed by atoms with E-state index < -0.39 is 0 Å². The van der Waals surface area contributed by atoms with Gasteiger partial charge in [0.2, 0.25) is 0 Å². The molecule has 0 saturated carbocycles. The fraction of sp³-hybridized carbons (Fsp3) is 0. The summed E-state index contributed by atoms with van der Waals surface area (Å²) in [6.45, 7) is 0. The Morgan fingerprint density at radius 3 is 1.21 bits per heavy atom. The Morgan fingerprint density at radius 1 is 0.192 bits per heavy atom. The van der Waals surface area contributed by atoms with Gasteiger partial charge in [0.1, 0.15) is 0 Å². The summed E-state index contributed by atoms with van der Waals surface area (Å²) in [6, 6.07) is 71.9. The van der Waals surface area contributed by atoms with Gasteiger partial charge in [-0.3, -0.25) is 0 Å². The van der Waals surface area contributed by atoms with Crippen molar-refractivity contribution in [2.75, 3.05) is 0 Å². The minimum absolute atomic E-state index is 1.23. The SMILES string of the molecule is c1ccc2cc(-c3ccc(-c4ccc5ccc6c(-c7ccc(-c8ccc9ccc%10ccccc%10c9c8)cc7)ccc7ccc4c5c76)cc3)ccc2c1. The van der Waals surface area contributed by atoms with Gasteiger partial charge in [-0.05, 0) is 121 Å². The number of hydrogen-bond donors (Lipinski definition) is 0. The molecule has 11 rings (SSSR count). The van der Waals surface area contributed by atoms with Crippen LogP contribution in [-0.4, -0.2) is 0 Å². The zero-order valence-electron chi connectivity index (χ0n) is 28.5. The number of benzene rings is 11. The van der Waals surface area contributed by atoms with E-state index in [1.54, 1.807) is 0 Å². The first-order valence-electron chi connectivity index (χ1n) is 18.1. The molecule has 0 fully saturated rings. The van der Waals surface area contributed by atoms with Gasteiger partial charge in [0.25, 0.3) is 0 Å². The fourth-order valence-corrected chi connectivity index (χ4v) is 8.54. The molecule has 0 saturated heterocycles. The smallest absolute Gasteiger partial charge is 0.00203 e. The third kappa shape index (κ3) is 4.55. The van der Waals surface area contributed by atoms with E-state index in [2.05, 4.69) is 194 Å². The summed E-state index contributed by atoms with van der Waals surface area (Å²) in [7, 11) is 0. The number of rotatable bonds is 4. The van der Waals surface area contributed by atoms with Crippen molar-refractivity contribution in [2.24, 2.45) is 0 Å². The summed E-state index contributed by atoms with van der Waals surface area (Å²) < 4.78 is 0. The second-order valence-corrected chi connectivity index (χ2v) is 14.1. The Hall–Kier alpha value is -6.76. The van der Waals surface area contributed by atoms with Crippen molar-refractivity contribution in [2.45, 2.75) is 0 Å². The van der Waals surface area contributed by atoms with Crippen LogP contribution in [0.15, 0.2) is 194 Å². The summed E-state index contributed by atoms with van der Waals surface area (Å²) in [4.78, 5) is 0. The maximum absolute atomic E-state index is 2.34. The molecule has 0 N–H and O–H groups in total. The fourth-order valence-electron chi connectivity index (χ4n) is 8.54. The van der Waals surface area contributed by atoms with Crippen molar-refractivity contribution >= 4 is 64.6 Å². The van der Waals surface area contributed by atoms with Gasteiger partial charge >= 0.3 is 0 Å². The van der Waals surface area contributed by atoms with E-state index in [-0.39, 0.29) is 0 Å². The molecule has 240 valence electrons. The second-order valence-electron chi connectivity index (χ2n) is 14.1. The molecule has 0 nitrogen and oxygen atoms in total. The third-order valence-electron chi connectivity index (χ3n) is 11.2. The predicted octanol–water partition coefficient (Wildman–Crippen LogP) is 14.7. The molecular formula is C52H32. The van der Waals surface area contributed by atoms with Gasteiger partial charge in [0, 0.05) is 0 Å². The minimum Gasteiger partial charge on any atom is -0.0616 e. The highest BCUT2D eigenvalue weighted by molar-refractivity contribution is 6.27. The molecule has 0 aliphatic heterocycles. The molecule has 0 amide bonds. The molecule has 0 heterocycles. The monoisotopic (exact) mass is 656 g/mol. The highest BCUT2D eigenvalue weighted by atomic mass is 14.2. The number of fused-ring (bicyclic) bond motifs is 4. The van der Waals surface area contributed by atoms with Crippen LogP contribution in [0.3, 0.4) is 0 Å². The van der Waals surface area contributed by atoms with Gasteiger partial charge in [-0.25, -0.2) is 0 Å². The Kier molecular flexibility index (Phi) is 6.35. The van der Waals surface area contributed by atoms with Crippen LogP contribution >= 0.6 is 0 Å². The van der Waals surface area contributed by atoms with Crippen LogP contribution in [0.2, 0.25) is 0 Å². The summed E-state index contributed by atoms with van der Waals surface area (Å²) >= 11 is 0. The van der Waals surface area contributed by atoms with Gasteiger partial charge in [-0.2, -0.15) is 0 Å². The molecule has 0 spiro atoms. The summed E-state index contributed by atoms with van der Waals surface area (Å²) in [5.41, 5.74) is 9.95. The standard InChI is InChI=1S/C52H32/c1-2-7-42-31-43(21-13-33(42)5-1)34-9-14-37(15-10-34)46-27-23-40-26-30-49-47(28-24-41-25-29-48(46)51(40)52(41)49)38-16-11-35(12-17-38)44-22-20-39-19-18-36-6-3-4-8-45(36)50(39)32-44/h1-32H. The van der Waals surface area contributed by atoms with E-state index in [9.17, 15) is 0 Å². The molecule has 52 heavy (non-hydrogen) atoms. The van der Waals surface area contributed by atoms with Crippen molar-refractivity contribution in [1.29, 1.82) is 0 Å². The van der Waals surface area contributed by atoms with E-state index in [0.717, 1.165) is 0 Å². The highest BCUT2D eigenvalue weighted by Gasteiger charge is 2.15. The molecule has 0 aromatic heterocycles. The average Bonchev–Trinajstić information content (AvgIpc) is 3.22. The zero-order valence-corrected chi connectivity index (χ0v) is 28.5. The van der Waals surface area contributed by atoms with Crippen molar-refractivity contribution in [3.05, 3.63) is 194 Å². The minimum atomic E-state index is 1.23. The molecule has 0 radical (unpaired) electrons. The molecule has 0 unspecified atom stereocenters. The third-order valence-corrected chi connectivity index (χ3v) is 11.2. The van der Waals surface area contributed by atoms with E-state index in [1.165, 1.54) is 109 Å². The van der Waals surface area contributed by atoms with Crippen LogP contribution in [0, 0.1) is 0 Å². The van der Waals surface area contributed by atoms with Crippen LogP contribution in [0.1, 0.15) is 0 Å². The van der Waals surface area contributed by atoms with E-state index in [4.69, 9.17) is 0 Å². The molecule has 0 atom stereocenters. The van der Waals surface area contributed by atoms with E-state index in [1.807, 2.05) is 0 Å². The van der Waals surface area contributed by atoms with Crippen LogP contribution < -0.4 is 0 Å². The van der Waals surface area contributed by atoms with Gasteiger partial charge in [0.05, 0.1) is 0 Å². The molecule has 11 aromatic carbocycles. The molecule has 0 bridgehead atoms. The Bertz CT molecular complexity index is 3150. The largest absolute Gasteiger partial charge is 0.0616 e. The topological polar surface area (TPSA) is 0 Å². The maximum atomic E-state index is 2.34. The van der Waals surface area contributed by atoms with E-state index >= 15 is 0 Å². The Labute approximate surface area is 302 Å². The van der Waals surface area contributed by atoms with Crippen LogP contribution in [0.25, 0.3) is 109 Å². The van der Waals surface area contributed by atoms with Crippen molar-refractivity contribution in [3.63, 3.8) is 0 Å². The summed E-state index contributed by atoms with van der Waals surface area (Å²) in [5, 5.41) is 15.5. The lowest BCUT2D eigenvalue weighted by Gasteiger charge is -2.17. The molecule has 0 aliphatic carbocycles. The Balaban J connectivity index is 0.982. The Morgan fingerprint density at radius 2 is 0.596 bits per heavy atom. The van der Waals surface area contributed by atoms with Gasteiger partial charge in [-0.1, -0.05) is 182 Å². The lowest BCUT2D eigenvalue weighted by atomic mass is 9.87. The van der Waals surface area contributed by atoms with Crippen LogP contribution in [-0.2, 0) is 0 Å². The molecule has 11 aromatic rings. The van der Waals surface area contributed by atoms with Gasteiger partial charge in [0.15, 0.2) is 0 Å². The first-order valence-corrected chi connectivity index (χ1v) is 18.1. The number of hydrogen-bond acceptors (Lipinski definition) is 0. The maximum Gasteiger partial charge on any atom is -0.00203 e.